The molecule has 0 amide bonds. The van der Waals surface area contributed by atoms with Gasteiger partial charge < -0.3 is 4.74 Å². The van der Waals surface area contributed by atoms with Gasteiger partial charge in [-0.15, -0.1) is 0 Å². The average molecular weight is 437 g/mol. The van der Waals surface area contributed by atoms with Gasteiger partial charge in [0.05, 0.1) is 6.42 Å². The predicted molar refractivity (Wildman–Crippen MR) is 113 cm³/mol. The van der Waals surface area contributed by atoms with Crippen molar-refractivity contribution in [2.45, 2.75) is 26.4 Å². The van der Waals surface area contributed by atoms with E-state index < -0.39 is 12.1 Å². The maximum absolute atomic E-state index is 13.1. The molecule has 0 saturated carbocycles. The van der Waals surface area contributed by atoms with E-state index in [0.717, 1.165) is 21.2 Å². The van der Waals surface area contributed by atoms with Crippen molar-refractivity contribution in [3.8, 4) is 0 Å². The second-order valence-electron chi connectivity index (χ2n) is 6.81. The van der Waals surface area contributed by atoms with Gasteiger partial charge in [0.2, 0.25) is 5.78 Å². The summed E-state index contributed by atoms with van der Waals surface area (Å²) in [5, 5.41) is 0. The molecule has 28 heavy (non-hydrogen) atoms. The molecule has 0 aliphatic carbocycles. The largest absolute Gasteiger partial charge is 0.449 e. The van der Waals surface area contributed by atoms with Crippen LogP contribution in [0.3, 0.4) is 0 Å². The van der Waals surface area contributed by atoms with Crippen molar-refractivity contribution in [1.29, 1.82) is 0 Å². The number of aryl methyl sites for hydroxylation is 2. The van der Waals surface area contributed by atoms with Gasteiger partial charge in [-0.05, 0) is 31.5 Å². The van der Waals surface area contributed by atoms with E-state index in [1.54, 1.807) is 12.1 Å². The minimum atomic E-state index is -0.966. The topological polar surface area (TPSA) is 43.4 Å². The highest BCUT2D eigenvalue weighted by molar-refractivity contribution is 9.10. The molecule has 3 rings (SSSR count). The molecule has 0 heterocycles. The van der Waals surface area contributed by atoms with Gasteiger partial charge in [-0.25, -0.2) is 0 Å². The number of benzene rings is 3. The first-order valence-electron chi connectivity index (χ1n) is 9.04. The highest BCUT2D eigenvalue weighted by Crippen LogP contribution is 2.24. The van der Waals surface area contributed by atoms with Crippen LogP contribution in [0.15, 0.2) is 77.3 Å². The molecule has 4 heteroatoms. The van der Waals surface area contributed by atoms with Gasteiger partial charge in [0.25, 0.3) is 0 Å². The first-order valence-corrected chi connectivity index (χ1v) is 9.83. The smallest absolute Gasteiger partial charge is 0.311 e. The van der Waals surface area contributed by atoms with Crippen LogP contribution in [0.1, 0.15) is 38.7 Å². The van der Waals surface area contributed by atoms with E-state index in [2.05, 4.69) is 15.9 Å². The van der Waals surface area contributed by atoms with Crippen molar-refractivity contribution in [2.24, 2.45) is 0 Å². The lowest BCUT2D eigenvalue weighted by Gasteiger charge is -2.18. The summed E-state index contributed by atoms with van der Waals surface area (Å²) in [4.78, 5) is 25.6. The molecule has 0 aliphatic rings. The average Bonchev–Trinajstić information content (AvgIpc) is 2.69. The Morgan fingerprint density at radius 2 is 1.36 bits per heavy atom. The molecule has 0 aliphatic heterocycles. The third-order valence-electron chi connectivity index (χ3n) is 4.47. The molecule has 1 atom stereocenters. The zero-order valence-electron chi connectivity index (χ0n) is 15.8. The van der Waals surface area contributed by atoms with Gasteiger partial charge in [0, 0.05) is 15.6 Å². The molecule has 0 radical (unpaired) electrons. The summed E-state index contributed by atoms with van der Waals surface area (Å²) in [7, 11) is 0. The second kappa shape index (κ2) is 8.98. The number of esters is 1. The molecule has 3 aromatic rings. The van der Waals surface area contributed by atoms with Crippen LogP contribution in [-0.2, 0) is 16.0 Å². The van der Waals surface area contributed by atoms with Crippen LogP contribution in [0.25, 0.3) is 0 Å². The number of hydrogen-bond donors (Lipinski definition) is 0. The van der Waals surface area contributed by atoms with E-state index in [4.69, 9.17) is 4.74 Å². The Morgan fingerprint density at radius 1 is 0.821 bits per heavy atom. The van der Waals surface area contributed by atoms with Crippen molar-refractivity contribution >= 4 is 27.7 Å². The lowest BCUT2D eigenvalue weighted by Crippen LogP contribution is -2.21. The molecular formula is C24H21BrO3. The molecule has 0 bridgehead atoms. The Balaban J connectivity index is 1.84. The van der Waals surface area contributed by atoms with Crippen LogP contribution in [0.4, 0.5) is 0 Å². The van der Waals surface area contributed by atoms with Crippen LogP contribution >= 0.6 is 15.9 Å². The number of carbonyl (C=O) groups is 2. The molecule has 3 aromatic carbocycles. The molecule has 3 nitrogen and oxygen atoms in total. The minimum Gasteiger partial charge on any atom is -0.449 e. The zero-order chi connectivity index (χ0) is 20.1. The van der Waals surface area contributed by atoms with E-state index in [9.17, 15) is 9.59 Å². The van der Waals surface area contributed by atoms with Crippen LogP contribution in [-0.4, -0.2) is 11.8 Å². The van der Waals surface area contributed by atoms with Gasteiger partial charge in [-0.2, -0.15) is 0 Å². The Bertz CT molecular complexity index is 958. The van der Waals surface area contributed by atoms with Crippen molar-refractivity contribution in [2.75, 3.05) is 0 Å². The number of carbonyl (C=O) groups excluding carboxylic acids is 2. The number of ether oxygens (including phenoxy) is 1. The normalized spacial score (nSPS) is 11.7. The number of rotatable bonds is 6. The Kier molecular flexibility index (Phi) is 6.42. The van der Waals surface area contributed by atoms with E-state index in [1.165, 1.54) is 0 Å². The van der Waals surface area contributed by atoms with E-state index in [0.29, 0.717) is 11.1 Å². The zero-order valence-corrected chi connectivity index (χ0v) is 17.4. The minimum absolute atomic E-state index is 0.108. The number of Topliss-reactive ketones (excluding diaryl/α,β-unsaturated/α-hetero) is 1. The molecule has 0 aromatic heterocycles. The first kappa shape index (κ1) is 20.0. The van der Waals surface area contributed by atoms with Gasteiger partial charge in [0.15, 0.2) is 6.10 Å². The van der Waals surface area contributed by atoms with E-state index >= 15 is 0 Å². The number of hydrogen-bond acceptors (Lipinski definition) is 3. The SMILES string of the molecule is Cc1ccc(C(=O)C(OC(=O)Cc2ccc(Br)cc2)c2ccc(C)cc2)cc1. The molecule has 1 unspecified atom stereocenters. The van der Waals surface area contributed by atoms with E-state index in [-0.39, 0.29) is 12.2 Å². The fourth-order valence-corrected chi connectivity index (χ4v) is 3.09. The summed E-state index contributed by atoms with van der Waals surface area (Å²) in [5.74, 6) is -0.665. The monoisotopic (exact) mass is 436 g/mol. The van der Waals surface area contributed by atoms with E-state index in [1.807, 2.05) is 74.5 Å². The van der Waals surface area contributed by atoms with Crippen LogP contribution < -0.4 is 0 Å². The van der Waals surface area contributed by atoms with Crippen molar-refractivity contribution in [1.82, 2.24) is 0 Å². The quantitative estimate of drug-likeness (QED) is 0.363. The fourth-order valence-electron chi connectivity index (χ4n) is 2.83. The van der Waals surface area contributed by atoms with Crippen molar-refractivity contribution in [3.05, 3.63) is 105 Å². The maximum atomic E-state index is 13.1. The van der Waals surface area contributed by atoms with Crippen LogP contribution in [0.2, 0.25) is 0 Å². The molecule has 0 fully saturated rings. The highest BCUT2D eigenvalue weighted by Gasteiger charge is 2.26. The van der Waals surface area contributed by atoms with Crippen LogP contribution in [0.5, 0.6) is 0 Å². The maximum Gasteiger partial charge on any atom is 0.311 e. The Labute approximate surface area is 173 Å². The molecule has 0 spiro atoms. The molecule has 0 N–H and O–H groups in total. The summed E-state index contributed by atoms with van der Waals surface area (Å²) in [6, 6.07) is 22.2. The Morgan fingerprint density at radius 3 is 1.93 bits per heavy atom. The second-order valence-corrected chi connectivity index (χ2v) is 7.73. The van der Waals surface area contributed by atoms with Gasteiger partial charge in [-0.3, -0.25) is 9.59 Å². The summed E-state index contributed by atoms with van der Waals surface area (Å²) in [6.45, 7) is 3.93. The summed E-state index contributed by atoms with van der Waals surface area (Å²) in [5.41, 5.74) is 4.16. The summed E-state index contributed by atoms with van der Waals surface area (Å²) < 4.78 is 6.60. The predicted octanol–water partition coefficient (Wildman–Crippen LogP) is 5.78. The lowest BCUT2D eigenvalue weighted by molar-refractivity contribution is -0.146. The van der Waals surface area contributed by atoms with Gasteiger partial charge in [-0.1, -0.05) is 87.7 Å². The standard InChI is InChI=1S/C24H21BrO3/c1-16-3-9-19(10-4-16)23(27)24(20-11-5-17(2)6-12-20)28-22(26)15-18-7-13-21(25)14-8-18/h3-14,24H,15H2,1-2H3. The Hall–Kier alpha value is -2.72. The molecule has 0 saturated heterocycles. The third kappa shape index (κ3) is 5.17. The highest BCUT2D eigenvalue weighted by atomic mass is 79.9. The summed E-state index contributed by atoms with van der Waals surface area (Å²) >= 11 is 3.38. The fraction of sp³-hybridized carbons (Fsp3) is 0.167. The number of halogens is 1. The number of ketones is 1. The van der Waals surface area contributed by atoms with Crippen LogP contribution in [0, 0.1) is 13.8 Å². The lowest BCUT2D eigenvalue weighted by atomic mass is 9.98. The molecular weight excluding hydrogens is 416 g/mol. The summed E-state index contributed by atoms with van der Waals surface area (Å²) in [6.07, 6.45) is -0.858. The van der Waals surface area contributed by atoms with Gasteiger partial charge in [0.1, 0.15) is 0 Å². The van der Waals surface area contributed by atoms with Gasteiger partial charge >= 0.3 is 5.97 Å². The van der Waals surface area contributed by atoms with Crippen molar-refractivity contribution < 1.29 is 14.3 Å². The molecule has 142 valence electrons. The third-order valence-corrected chi connectivity index (χ3v) is 4.99. The first-order chi connectivity index (χ1) is 13.4. The van der Waals surface area contributed by atoms with Crippen molar-refractivity contribution in [3.63, 3.8) is 0 Å².